The number of amides is 3. The molecular formula is C19H26N4O4. The molecule has 4 aliphatic heterocycles. The summed E-state index contributed by atoms with van der Waals surface area (Å²) in [5.74, 6) is 0.688. The van der Waals surface area contributed by atoms with Crippen LogP contribution < -0.4 is 0 Å². The number of carbonyl (C=O) groups is 3. The van der Waals surface area contributed by atoms with Crippen LogP contribution in [-0.4, -0.2) is 69.8 Å². The Morgan fingerprint density at radius 2 is 2.04 bits per heavy atom. The highest BCUT2D eigenvalue weighted by Crippen LogP contribution is 2.31. The minimum atomic E-state index is -0.164. The largest absolute Gasteiger partial charge is 0.361 e. The third-order valence-electron chi connectivity index (χ3n) is 6.15. The van der Waals surface area contributed by atoms with Crippen molar-refractivity contribution in [2.45, 2.75) is 52.1 Å². The predicted octanol–water partition coefficient (Wildman–Crippen LogP) is 0.863. The van der Waals surface area contributed by atoms with Crippen molar-refractivity contribution in [3.8, 4) is 0 Å². The number of hydrogen-bond acceptors (Lipinski definition) is 5. The van der Waals surface area contributed by atoms with Gasteiger partial charge in [0.2, 0.25) is 17.7 Å². The Bertz CT molecular complexity index is 754. The van der Waals surface area contributed by atoms with E-state index in [1.807, 2.05) is 18.7 Å². The fraction of sp³-hybridized carbons (Fsp3) is 0.684. The van der Waals surface area contributed by atoms with E-state index in [-0.39, 0.29) is 36.2 Å². The predicted molar refractivity (Wildman–Crippen MR) is 95.4 cm³/mol. The third kappa shape index (κ3) is 3.33. The highest BCUT2D eigenvalue weighted by Gasteiger charge is 2.42. The van der Waals surface area contributed by atoms with E-state index in [9.17, 15) is 14.4 Å². The van der Waals surface area contributed by atoms with Crippen LogP contribution in [0.2, 0.25) is 0 Å². The van der Waals surface area contributed by atoms with Crippen molar-refractivity contribution in [1.82, 2.24) is 19.9 Å². The fourth-order valence-electron chi connectivity index (χ4n) is 4.48. The summed E-state index contributed by atoms with van der Waals surface area (Å²) in [6.45, 7) is 6.00. The first-order chi connectivity index (χ1) is 12.9. The minimum Gasteiger partial charge on any atom is -0.361 e. The molecule has 0 unspecified atom stereocenters. The lowest BCUT2D eigenvalue weighted by molar-refractivity contribution is -0.140. The van der Waals surface area contributed by atoms with Gasteiger partial charge in [0.15, 0.2) is 0 Å². The van der Waals surface area contributed by atoms with Crippen LogP contribution in [0.3, 0.4) is 0 Å². The van der Waals surface area contributed by atoms with E-state index >= 15 is 0 Å². The molecule has 8 nitrogen and oxygen atoms in total. The molecule has 2 atom stereocenters. The standard InChI is InChI=1S/C19H26N4O4/c1-12-16(13(2)27-20-12)10-23-15-6-5-14(19(23)26)8-22(9-15)18(25)11-21-7-3-4-17(21)24/h14-15H,3-11H2,1-2H3/t14-,15+/m0/s1. The van der Waals surface area contributed by atoms with Gasteiger partial charge in [0, 0.05) is 37.7 Å². The van der Waals surface area contributed by atoms with Gasteiger partial charge in [-0.15, -0.1) is 0 Å². The monoisotopic (exact) mass is 374 g/mol. The quantitative estimate of drug-likeness (QED) is 0.780. The summed E-state index contributed by atoms with van der Waals surface area (Å²) in [5.41, 5.74) is 1.76. The Balaban J connectivity index is 1.48. The van der Waals surface area contributed by atoms with Crippen LogP contribution >= 0.6 is 0 Å². The van der Waals surface area contributed by atoms with Crippen molar-refractivity contribution in [3.63, 3.8) is 0 Å². The molecule has 4 saturated heterocycles. The van der Waals surface area contributed by atoms with Gasteiger partial charge >= 0.3 is 0 Å². The Morgan fingerprint density at radius 3 is 2.70 bits per heavy atom. The number of piperidine rings is 1. The molecule has 0 radical (unpaired) electrons. The van der Waals surface area contributed by atoms with E-state index in [2.05, 4.69) is 5.16 Å². The average Bonchev–Trinajstić information content (AvgIpc) is 3.04. The number of fused-ring (bicyclic) bond motifs is 4. The average molecular weight is 374 g/mol. The molecule has 0 aromatic carbocycles. The molecule has 3 amide bonds. The Hall–Kier alpha value is -2.38. The van der Waals surface area contributed by atoms with Gasteiger partial charge in [-0.3, -0.25) is 14.4 Å². The summed E-state index contributed by atoms with van der Waals surface area (Å²) in [6.07, 6.45) is 3.06. The van der Waals surface area contributed by atoms with Gasteiger partial charge in [0.05, 0.1) is 24.7 Å². The second kappa shape index (κ2) is 6.98. The molecule has 4 fully saturated rings. The Kier molecular flexibility index (Phi) is 4.65. The van der Waals surface area contributed by atoms with E-state index < -0.39 is 0 Å². The second-order valence-electron chi connectivity index (χ2n) is 7.91. The van der Waals surface area contributed by atoms with E-state index in [4.69, 9.17) is 4.52 Å². The van der Waals surface area contributed by atoms with Crippen molar-refractivity contribution >= 4 is 17.7 Å². The molecule has 5 rings (SSSR count). The first-order valence-electron chi connectivity index (χ1n) is 9.72. The van der Waals surface area contributed by atoms with Crippen LogP contribution in [0.25, 0.3) is 0 Å². The van der Waals surface area contributed by atoms with Crippen LogP contribution in [-0.2, 0) is 20.9 Å². The smallest absolute Gasteiger partial charge is 0.242 e. The number of aryl methyl sites for hydroxylation is 2. The summed E-state index contributed by atoms with van der Waals surface area (Å²) in [4.78, 5) is 42.9. The summed E-state index contributed by atoms with van der Waals surface area (Å²) in [6, 6.07) is 0.00294. The Labute approximate surface area is 158 Å². The highest BCUT2D eigenvalue weighted by molar-refractivity contribution is 5.87. The maximum Gasteiger partial charge on any atom is 0.242 e. The molecule has 0 N–H and O–H groups in total. The van der Waals surface area contributed by atoms with Gasteiger partial charge in [-0.2, -0.15) is 0 Å². The van der Waals surface area contributed by atoms with Crippen LogP contribution in [0.1, 0.15) is 42.7 Å². The molecule has 8 heteroatoms. The SMILES string of the molecule is Cc1noc(C)c1CN1C(=O)[C@H]2CC[C@@H]1CN(C(=O)CN1CCCC1=O)C2. The van der Waals surface area contributed by atoms with Crippen LogP contribution in [0.4, 0.5) is 0 Å². The van der Waals surface area contributed by atoms with Gasteiger partial charge in [-0.25, -0.2) is 0 Å². The molecule has 146 valence electrons. The molecule has 4 aliphatic rings. The maximum absolute atomic E-state index is 13.0. The molecule has 1 aromatic heterocycles. The molecular weight excluding hydrogens is 348 g/mol. The lowest BCUT2D eigenvalue weighted by Crippen LogP contribution is -2.48. The van der Waals surface area contributed by atoms with E-state index in [1.165, 1.54) is 0 Å². The third-order valence-corrected chi connectivity index (χ3v) is 6.15. The van der Waals surface area contributed by atoms with Gasteiger partial charge < -0.3 is 19.2 Å². The maximum atomic E-state index is 13.0. The molecule has 5 heterocycles. The van der Waals surface area contributed by atoms with Crippen molar-refractivity contribution in [1.29, 1.82) is 0 Å². The molecule has 2 bridgehead atoms. The first-order valence-corrected chi connectivity index (χ1v) is 9.72. The zero-order valence-electron chi connectivity index (χ0n) is 15.9. The summed E-state index contributed by atoms with van der Waals surface area (Å²) >= 11 is 0. The number of carbonyl (C=O) groups excluding carboxylic acids is 3. The molecule has 0 spiro atoms. The first kappa shape index (κ1) is 18.0. The highest BCUT2D eigenvalue weighted by atomic mass is 16.5. The van der Waals surface area contributed by atoms with E-state index in [0.717, 1.165) is 36.3 Å². The van der Waals surface area contributed by atoms with Gasteiger partial charge in [0.1, 0.15) is 5.76 Å². The molecule has 0 saturated carbocycles. The fourth-order valence-corrected chi connectivity index (χ4v) is 4.48. The van der Waals surface area contributed by atoms with Crippen LogP contribution in [0.5, 0.6) is 0 Å². The van der Waals surface area contributed by atoms with Gasteiger partial charge in [0.25, 0.3) is 0 Å². The summed E-state index contributed by atoms with van der Waals surface area (Å²) < 4.78 is 5.24. The zero-order valence-corrected chi connectivity index (χ0v) is 15.9. The zero-order chi connectivity index (χ0) is 19.1. The van der Waals surface area contributed by atoms with Crippen molar-refractivity contribution < 1.29 is 18.9 Å². The topological polar surface area (TPSA) is 87.0 Å². The lowest BCUT2D eigenvalue weighted by Gasteiger charge is -2.35. The van der Waals surface area contributed by atoms with Crippen molar-refractivity contribution in [2.75, 3.05) is 26.2 Å². The summed E-state index contributed by atoms with van der Waals surface area (Å²) in [5, 5.41) is 3.98. The number of aromatic nitrogens is 1. The van der Waals surface area contributed by atoms with Gasteiger partial charge in [-0.05, 0) is 33.1 Å². The molecule has 27 heavy (non-hydrogen) atoms. The number of rotatable bonds is 4. The number of nitrogens with zero attached hydrogens (tertiary/aromatic N) is 4. The number of hydrogen-bond donors (Lipinski definition) is 0. The minimum absolute atomic E-state index is 0.00294. The molecule has 0 aliphatic carbocycles. The second-order valence-corrected chi connectivity index (χ2v) is 7.91. The van der Waals surface area contributed by atoms with Gasteiger partial charge in [-0.1, -0.05) is 5.16 Å². The van der Waals surface area contributed by atoms with Crippen molar-refractivity contribution in [2.24, 2.45) is 5.92 Å². The van der Waals surface area contributed by atoms with Crippen LogP contribution in [0, 0.1) is 19.8 Å². The number of likely N-dealkylation sites (tertiary alicyclic amines) is 1. The summed E-state index contributed by atoms with van der Waals surface area (Å²) in [7, 11) is 0. The van der Waals surface area contributed by atoms with E-state index in [0.29, 0.717) is 32.6 Å². The Morgan fingerprint density at radius 1 is 1.22 bits per heavy atom. The van der Waals surface area contributed by atoms with Crippen LogP contribution in [0.15, 0.2) is 4.52 Å². The van der Waals surface area contributed by atoms with E-state index in [1.54, 1.807) is 9.80 Å². The normalized spacial score (nSPS) is 25.5. The lowest BCUT2D eigenvalue weighted by atomic mass is 9.93. The molecule has 1 aromatic rings. The van der Waals surface area contributed by atoms with Crippen molar-refractivity contribution in [3.05, 3.63) is 17.0 Å².